The fraction of sp³-hybridized carbons (Fsp3) is 0.542. The molecule has 1 saturated heterocycles. The van der Waals surface area contributed by atoms with Crippen molar-refractivity contribution in [2.45, 2.75) is 56.7 Å². The SMILES string of the molecule is CN(C)C1CN(c2nc3c(F)c(Br)c(Cl)cc3c3c2NC(=O)C32CC(NC(=O)OC(C)(C)C)C2)C1. The number of aromatic nitrogens is 1. The number of ether oxygens (including phenoxy) is 1. The first-order valence-electron chi connectivity index (χ1n) is 11.5. The number of rotatable bonds is 3. The number of halogens is 3. The van der Waals surface area contributed by atoms with Gasteiger partial charge in [0, 0.05) is 36.1 Å². The van der Waals surface area contributed by atoms with Crippen LogP contribution in [-0.2, 0) is 14.9 Å². The van der Waals surface area contributed by atoms with Crippen LogP contribution in [-0.4, -0.2) is 66.8 Å². The fourth-order valence-corrected chi connectivity index (χ4v) is 5.68. The minimum Gasteiger partial charge on any atom is -0.444 e. The fourth-order valence-electron chi connectivity index (χ4n) is 5.19. The molecule has 8 nitrogen and oxygen atoms in total. The van der Waals surface area contributed by atoms with E-state index in [9.17, 15) is 9.59 Å². The summed E-state index contributed by atoms with van der Waals surface area (Å²) in [6.45, 7) is 6.83. The molecule has 0 atom stereocenters. The van der Waals surface area contributed by atoms with E-state index >= 15 is 4.39 Å². The molecule has 2 amide bonds. The lowest BCUT2D eigenvalue weighted by atomic mass is 9.61. The largest absolute Gasteiger partial charge is 0.444 e. The van der Waals surface area contributed by atoms with Crippen LogP contribution in [0.3, 0.4) is 0 Å². The molecule has 3 aliphatic rings. The topological polar surface area (TPSA) is 86.8 Å². The lowest BCUT2D eigenvalue weighted by molar-refractivity contribution is -0.124. The molecule has 2 N–H and O–H groups in total. The average molecular weight is 569 g/mol. The van der Waals surface area contributed by atoms with Gasteiger partial charge >= 0.3 is 6.09 Å². The van der Waals surface area contributed by atoms with Gasteiger partial charge in [0.25, 0.3) is 0 Å². The Labute approximate surface area is 216 Å². The molecule has 0 bridgehead atoms. The van der Waals surface area contributed by atoms with Crippen molar-refractivity contribution in [2.24, 2.45) is 0 Å². The summed E-state index contributed by atoms with van der Waals surface area (Å²) < 4.78 is 20.9. The van der Waals surface area contributed by atoms with Gasteiger partial charge in [0.15, 0.2) is 11.6 Å². The number of alkyl carbamates (subject to hydrolysis) is 1. The second-order valence-electron chi connectivity index (χ2n) is 10.9. The maximum absolute atomic E-state index is 15.4. The number of nitrogens with one attached hydrogen (secondary N) is 2. The van der Waals surface area contributed by atoms with Crippen LogP contribution in [0.1, 0.15) is 39.2 Å². The highest BCUT2D eigenvalue weighted by atomic mass is 79.9. The van der Waals surface area contributed by atoms with E-state index in [1.54, 1.807) is 26.8 Å². The zero-order valence-electron chi connectivity index (χ0n) is 20.3. The zero-order chi connectivity index (χ0) is 25.4. The van der Waals surface area contributed by atoms with Crippen molar-refractivity contribution in [3.05, 3.63) is 26.9 Å². The number of benzene rings is 1. The maximum atomic E-state index is 15.4. The van der Waals surface area contributed by atoms with Crippen LogP contribution >= 0.6 is 27.5 Å². The van der Waals surface area contributed by atoms with Crippen molar-refractivity contribution in [3.63, 3.8) is 0 Å². The van der Waals surface area contributed by atoms with Crippen molar-refractivity contribution in [3.8, 4) is 0 Å². The third-order valence-electron chi connectivity index (χ3n) is 7.05. The van der Waals surface area contributed by atoms with Crippen molar-refractivity contribution in [2.75, 3.05) is 37.4 Å². The normalized spacial score (nSPS) is 23.9. The summed E-state index contributed by atoms with van der Waals surface area (Å²) in [5.41, 5.74) is -0.0502. The molecule has 1 spiro atoms. The van der Waals surface area contributed by atoms with Crippen molar-refractivity contribution >= 4 is 61.9 Å². The Morgan fingerprint density at radius 1 is 1.37 bits per heavy atom. The van der Waals surface area contributed by atoms with Gasteiger partial charge in [0.05, 0.1) is 20.6 Å². The summed E-state index contributed by atoms with van der Waals surface area (Å²) in [5.74, 6) is -0.166. The number of carbonyl (C=O) groups excluding carboxylic acids is 2. The summed E-state index contributed by atoms with van der Waals surface area (Å²) in [5, 5.41) is 6.60. The Morgan fingerprint density at radius 3 is 2.63 bits per heavy atom. The zero-order valence-corrected chi connectivity index (χ0v) is 22.6. The van der Waals surface area contributed by atoms with Crippen LogP contribution in [0.5, 0.6) is 0 Å². The van der Waals surface area contributed by atoms with E-state index in [-0.39, 0.29) is 27.0 Å². The molecule has 5 rings (SSSR count). The van der Waals surface area contributed by atoms with Crippen LogP contribution in [0.4, 0.5) is 20.7 Å². The highest BCUT2D eigenvalue weighted by Crippen LogP contribution is 2.56. The number of carbonyl (C=O) groups is 2. The summed E-state index contributed by atoms with van der Waals surface area (Å²) in [6, 6.07) is 1.77. The smallest absolute Gasteiger partial charge is 0.407 e. The van der Waals surface area contributed by atoms with Gasteiger partial charge in [-0.1, -0.05) is 11.6 Å². The standard InChI is InChI=1S/C24H28BrClFN5O3/c1-23(2,3)35-22(34)28-11-7-24(8-11)15-13-6-14(26)16(25)17(27)18(13)29-20(19(15)30-21(24)33)32-9-12(10-32)31(4)5/h6,11-12H,7-10H2,1-5H3,(H,28,34)(H,30,33). The number of amides is 2. The molecule has 0 unspecified atom stereocenters. The Hall–Kier alpha value is -2.17. The van der Waals surface area contributed by atoms with Gasteiger partial charge in [-0.2, -0.15) is 0 Å². The average Bonchev–Trinajstić information content (AvgIpc) is 2.97. The van der Waals surface area contributed by atoms with Gasteiger partial charge < -0.3 is 25.2 Å². The van der Waals surface area contributed by atoms with Gasteiger partial charge in [0.2, 0.25) is 5.91 Å². The van der Waals surface area contributed by atoms with E-state index in [4.69, 9.17) is 16.3 Å². The van der Waals surface area contributed by atoms with Crippen LogP contribution in [0.2, 0.25) is 5.02 Å². The first-order chi connectivity index (χ1) is 16.3. The molecule has 2 fully saturated rings. The van der Waals surface area contributed by atoms with Crippen LogP contribution < -0.4 is 15.5 Å². The molecule has 188 valence electrons. The van der Waals surface area contributed by atoms with E-state index in [1.807, 2.05) is 14.1 Å². The molecule has 1 aliphatic carbocycles. The Balaban J connectivity index is 1.55. The van der Waals surface area contributed by atoms with Gasteiger partial charge in [-0.3, -0.25) is 4.79 Å². The molecule has 0 radical (unpaired) electrons. The van der Waals surface area contributed by atoms with E-state index in [0.717, 1.165) is 13.1 Å². The lowest BCUT2D eigenvalue weighted by Crippen LogP contribution is -2.58. The number of hydrogen-bond donors (Lipinski definition) is 2. The highest BCUT2D eigenvalue weighted by Gasteiger charge is 2.58. The molecule has 3 heterocycles. The summed E-state index contributed by atoms with van der Waals surface area (Å²) in [7, 11) is 4.03. The van der Waals surface area contributed by atoms with Crippen LogP contribution in [0.25, 0.3) is 10.9 Å². The highest BCUT2D eigenvalue weighted by molar-refractivity contribution is 9.10. The maximum Gasteiger partial charge on any atom is 0.407 e. The molecule has 11 heteroatoms. The predicted octanol–water partition coefficient (Wildman–Crippen LogP) is 4.42. The molecular weight excluding hydrogens is 541 g/mol. The monoisotopic (exact) mass is 567 g/mol. The van der Waals surface area contributed by atoms with E-state index in [0.29, 0.717) is 41.3 Å². The number of fused-ring (bicyclic) bond motifs is 4. The van der Waals surface area contributed by atoms with Crippen molar-refractivity contribution in [1.29, 1.82) is 0 Å². The van der Waals surface area contributed by atoms with Gasteiger partial charge in [-0.25, -0.2) is 14.2 Å². The number of nitrogens with zero attached hydrogens (tertiary/aromatic N) is 3. The molecule has 1 saturated carbocycles. The van der Waals surface area contributed by atoms with Gasteiger partial charge in [-0.05, 0) is 69.7 Å². The summed E-state index contributed by atoms with van der Waals surface area (Å²) in [6.07, 6.45) is 0.225. The molecule has 1 aromatic heterocycles. The first-order valence-corrected chi connectivity index (χ1v) is 12.7. The first kappa shape index (κ1) is 24.5. The number of hydrogen-bond acceptors (Lipinski definition) is 6. The summed E-state index contributed by atoms with van der Waals surface area (Å²) >= 11 is 9.55. The second kappa shape index (κ2) is 8.18. The third kappa shape index (κ3) is 3.94. The van der Waals surface area contributed by atoms with E-state index in [1.165, 1.54) is 0 Å². The minimum atomic E-state index is -0.902. The van der Waals surface area contributed by atoms with Gasteiger partial charge in [-0.15, -0.1) is 0 Å². The molecule has 1 aromatic carbocycles. The predicted molar refractivity (Wildman–Crippen MR) is 137 cm³/mol. The molecular formula is C24H28BrClFN5O3. The number of pyridine rings is 1. The third-order valence-corrected chi connectivity index (χ3v) is 8.35. The van der Waals surface area contributed by atoms with Gasteiger partial charge in [0.1, 0.15) is 11.1 Å². The molecule has 35 heavy (non-hydrogen) atoms. The number of anilines is 2. The van der Waals surface area contributed by atoms with E-state index in [2.05, 4.69) is 41.3 Å². The Kier molecular flexibility index (Phi) is 5.73. The number of likely N-dealkylation sites (N-methyl/N-ethyl adjacent to an activating group) is 1. The second-order valence-corrected chi connectivity index (χ2v) is 12.1. The van der Waals surface area contributed by atoms with Crippen molar-refractivity contribution in [1.82, 2.24) is 15.2 Å². The molecule has 2 aliphatic heterocycles. The van der Waals surface area contributed by atoms with Crippen LogP contribution in [0.15, 0.2) is 10.5 Å². The Morgan fingerprint density at radius 2 is 2.03 bits per heavy atom. The quantitative estimate of drug-likeness (QED) is 0.534. The minimum absolute atomic E-state index is 0.143. The van der Waals surface area contributed by atoms with E-state index < -0.39 is 22.9 Å². The van der Waals surface area contributed by atoms with Crippen LogP contribution in [0, 0.1) is 5.82 Å². The molecule has 2 aromatic rings. The lowest BCUT2D eigenvalue weighted by Gasteiger charge is -2.45. The Bertz CT molecular complexity index is 1250. The van der Waals surface area contributed by atoms with Crippen molar-refractivity contribution < 1.29 is 18.7 Å². The summed E-state index contributed by atoms with van der Waals surface area (Å²) in [4.78, 5) is 34.5.